The lowest BCUT2D eigenvalue weighted by molar-refractivity contribution is 0.799. The second-order valence-electron chi connectivity index (χ2n) is 4.33. The molecular weight excluding hydrogens is 278 g/mol. The lowest BCUT2D eigenvalue weighted by Gasteiger charge is -2.15. The Bertz CT molecular complexity index is 513. The van der Waals surface area contributed by atoms with Crippen molar-refractivity contribution in [3.63, 3.8) is 0 Å². The highest BCUT2D eigenvalue weighted by atomic mass is 32.2. The van der Waals surface area contributed by atoms with Crippen LogP contribution in [0.1, 0.15) is 38.7 Å². The van der Waals surface area contributed by atoms with Gasteiger partial charge >= 0.3 is 0 Å². The number of rotatable bonds is 6. The van der Waals surface area contributed by atoms with Crippen LogP contribution in [0, 0.1) is 0 Å². The summed E-state index contributed by atoms with van der Waals surface area (Å²) in [4.78, 5) is 8.75. The Morgan fingerprint density at radius 2 is 2.21 bits per heavy atom. The second kappa shape index (κ2) is 6.81. The zero-order chi connectivity index (χ0) is 13.7. The summed E-state index contributed by atoms with van der Waals surface area (Å²) in [5.74, 6) is 1.29. The maximum absolute atomic E-state index is 4.39. The minimum absolute atomic E-state index is 0.357. The smallest absolute Gasteiger partial charge is 0.180 e. The normalized spacial score (nSPS) is 10.9. The third-order valence-electron chi connectivity index (χ3n) is 2.49. The van der Waals surface area contributed by atoms with Crippen LogP contribution in [0.15, 0.2) is 21.2 Å². The third kappa shape index (κ3) is 3.63. The molecule has 0 saturated carbocycles. The standard InChI is InChI=1S/C12H17N5S2/c1-4-5-13-10-9(8(2)3)11(15-6-14-10)19-12-17-16-7-18-12/h6-8H,4-5H2,1-3H3,(H,13,14,15). The van der Waals surface area contributed by atoms with Crippen LogP contribution in [0.2, 0.25) is 0 Å². The number of hydrogen-bond acceptors (Lipinski definition) is 7. The second-order valence-corrected chi connectivity index (χ2v) is 6.40. The molecule has 1 N–H and O–H groups in total. The average Bonchev–Trinajstić information content (AvgIpc) is 2.89. The molecule has 0 radical (unpaired) electrons. The Morgan fingerprint density at radius 3 is 2.84 bits per heavy atom. The zero-order valence-corrected chi connectivity index (χ0v) is 12.9. The summed E-state index contributed by atoms with van der Waals surface area (Å²) in [6.45, 7) is 7.36. The molecule has 0 bridgehead atoms. The molecule has 0 aliphatic carbocycles. The predicted molar refractivity (Wildman–Crippen MR) is 78.9 cm³/mol. The molecule has 5 nitrogen and oxygen atoms in total. The van der Waals surface area contributed by atoms with Crippen molar-refractivity contribution in [1.82, 2.24) is 20.2 Å². The van der Waals surface area contributed by atoms with Crippen LogP contribution in [-0.2, 0) is 0 Å². The van der Waals surface area contributed by atoms with Gasteiger partial charge in [0, 0.05) is 12.1 Å². The summed E-state index contributed by atoms with van der Waals surface area (Å²) < 4.78 is 0.905. The van der Waals surface area contributed by atoms with E-state index in [0.717, 1.165) is 33.7 Å². The molecule has 7 heteroatoms. The van der Waals surface area contributed by atoms with Crippen molar-refractivity contribution in [2.75, 3.05) is 11.9 Å². The topological polar surface area (TPSA) is 63.6 Å². The SMILES string of the molecule is CCCNc1ncnc(Sc2nncs2)c1C(C)C. The highest BCUT2D eigenvalue weighted by Gasteiger charge is 2.16. The lowest BCUT2D eigenvalue weighted by atomic mass is 10.1. The quantitative estimate of drug-likeness (QED) is 0.824. The van der Waals surface area contributed by atoms with Crippen molar-refractivity contribution in [2.45, 2.75) is 42.5 Å². The summed E-state index contributed by atoms with van der Waals surface area (Å²) in [5.41, 5.74) is 2.88. The van der Waals surface area contributed by atoms with E-state index >= 15 is 0 Å². The highest BCUT2D eigenvalue weighted by Crippen LogP contribution is 2.35. The Balaban J connectivity index is 2.31. The van der Waals surface area contributed by atoms with Gasteiger partial charge in [0.25, 0.3) is 0 Å². The van der Waals surface area contributed by atoms with Gasteiger partial charge in [0.2, 0.25) is 0 Å². The lowest BCUT2D eigenvalue weighted by Crippen LogP contribution is -2.08. The maximum atomic E-state index is 4.39. The molecule has 0 aromatic carbocycles. The van der Waals surface area contributed by atoms with Gasteiger partial charge in [-0.1, -0.05) is 32.1 Å². The van der Waals surface area contributed by atoms with Crippen molar-refractivity contribution in [3.05, 3.63) is 17.4 Å². The highest BCUT2D eigenvalue weighted by molar-refractivity contribution is 8.01. The molecule has 0 aliphatic heterocycles. The fourth-order valence-electron chi connectivity index (χ4n) is 1.66. The Kier molecular flexibility index (Phi) is 5.09. The molecule has 0 atom stereocenters. The van der Waals surface area contributed by atoms with E-state index in [0.29, 0.717) is 5.92 Å². The molecular formula is C12H17N5S2. The molecule has 2 aromatic rings. The van der Waals surface area contributed by atoms with Crippen LogP contribution in [0.4, 0.5) is 5.82 Å². The molecule has 0 saturated heterocycles. The first-order valence-electron chi connectivity index (χ1n) is 6.25. The number of hydrogen-bond donors (Lipinski definition) is 1. The molecule has 0 spiro atoms. The van der Waals surface area contributed by atoms with Gasteiger partial charge in [0.1, 0.15) is 22.7 Å². The molecule has 2 heterocycles. The van der Waals surface area contributed by atoms with Crippen LogP contribution >= 0.6 is 23.1 Å². The Morgan fingerprint density at radius 1 is 1.37 bits per heavy atom. The van der Waals surface area contributed by atoms with Gasteiger partial charge in [0.15, 0.2) is 4.34 Å². The zero-order valence-electron chi connectivity index (χ0n) is 11.3. The maximum Gasteiger partial charge on any atom is 0.180 e. The van der Waals surface area contributed by atoms with E-state index in [4.69, 9.17) is 0 Å². The van der Waals surface area contributed by atoms with Crippen LogP contribution in [0.5, 0.6) is 0 Å². The van der Waals surface area contributed by atoms with E-state index in [2.05, 4.69) is 46.3 Å². The monoisotopic (exact) mass is 295 g/mol. The summed E-state index contributed by atoms with van der Waals surface area (Å²) in [6.07, 6.45) is 2.67. The molecule has 0 amide bonds. The van der Waals surface area contributed by atoms with Crippen molar-refractivity contribution >= 4 is 28.9 Å². The fourth-order valence-corrected chi connectivity index (χ4v) is 3.29. The first-order chi connectivity index (χ1) is 9.22. The van der Waals surface area contributed by atoms with Crippen LogP contribution in [0.3, 0.4) is 0 Å². The van der Waals surface area contributed by atoms with Crippen molar-refractivity contribution in [3.8, 4) is 0 Å². The van der Waals surface area contributed by atoms with E-state index in [1.165, 1.54) is 11.3 Å². The number of anilines is 1. The van der Waals surface area contributed by atoms with Gasteiger partial charge in [0.05, 0.1) is 0 Å². The van der Waals surface area contributed by atoms with Gasteiger partial charge in [-0.3, -0.25) is 0 Å². The van der Waals surface area contributed by atoms with Gasteiger partial charge < -0.3 is 5.32 Å². The number of nitrogens with one attached hydrogen (secondary N) is 1. The van der Waals surface area contributed by atoms with Crippen molar-refractivity contribution < 1.29 is 0 Å². The fraction of sp³-hybridized carbons (Fsp3) is 0.500. The van der Waals surface area contributed by atoms with Crippen LogP contribution in [0.25, 0.3) is 0 Å². The summed E-state index contributed by atoms with van der Waals surface area (Å²) in [5, 5.41) is 12.2. The number of nitrogens with zero attached hydrogens (tertiary/aromatic N) is 4. The first kappa shape index (κ1) is 14.2. The van der Waals surface area contributed by atoms with Gasteiger partial charge in [-0.05, 0) is 24.1 Å². The minimum Gasteiger partial charge on any atom is -0.370 e. The predicted octanol–water partition coefficient (Wildman–Crippen LogP) is 3.42. The van der Waals surface area contributed by atoms with Gasteiger partial charge in [-0.2, -0.15) is 0 Å². The van der Waals surface area contributed by atoms with E-state index < -0.39 is 0 Å². The van der Waals surface area contributed by atoms with Gasteiger partial charge in [-0.25, -0.2) is 9.97 Å². The number of aromatic nitrogens is 4. The van der Waals surface area contributed by atoms with E-state index in [1.54, 1.807) is 23.6 Å². The molecule has 0 fully saturated rings. The Hall–Kier alpha value is -1.21. The first-order valence-corrected chi connectivity index (χ1v) is 7.94. The largest absolute Gasteiger partial charge is 0.370 e. The van der Waals surface area contributed by atoms with E-state index in [1.807, 2.05) is 0 Å². The summed E-state index contributed by atoms with van der Waals surface area (Å²) in [7, 11) is 0. The summed E-state index contributed by atoms with van der Waals surface area (Å²) in [6, 6.07) is 0. The van der Waals surface area contributed by atoms with E-state index in [-0.39, 0.29) is 0 Å². The third-order valence-corrected chi connectivity index (χ3v) is 4.29. The molecule has 19 heavy (non-hydrogen) atoms. The molecule has 2 aromatic heterocycles. The summed E-state index contributed by atoms with van der Waals surface area (Å²) >= 11 is 3.07. The van der Waals surface area contributed by atoms with Gasteiger partial charge in [-0.15, -0.1) is 10.2 Å². The van der Waals surface area contributed by atoms with Crippen LogP contribution in [-0.4, -0.2) is 26.7 Å². The van der Waals surface area contributed by atoms with Crippen molar-refractivity contribution in [1.29, 1.82) is 0 Å². The molecule has 2 rings (SSSR count). The molecule has 102 valence electrons. The van der Waals surface area contributed by atoms with Crippen molar-refractivity contribution in [2.24, 2.45) is 0 Å². The average molecular weight is 295 g/mol. The molecule has 0 unspecified atom stereocenters. The Labute approximate surface area is 121 Å². The van der Waals surface area contributed by atoms with Crippen LogP contribution < -0.4 is 5.32 Å². The molecule has 0 aliphatic rings. The van der Waals surface area contributed by atoms with E-state index in [9.17, 15) is 0 Å². The minimum atomic E-state index is 0.357.